The Morgan fingerprint density at radius 3 is 2.78 bits per heavy atom. The van der Waals surface area contributed by atoms with Crippen LogP contribution in [0, 0.1) is 0 Å². The van der Waals surface area contributed by atoms with Gasteiger partial charge in [0.2, 0.25) is 11.0 Å². The number of hydrogen-bond acceptors (Lipinski definition) is 7. The van der Waals surface area contributed by atoms with Crippen LogP contribution in [0.3, 0.4) is 0 Å². The molecule has 124 valence electrons. The Hall–Kier alpha value is -1.84. The molecule has 0 aromatic carbocycles. The lowest BCUT2D eigenvalue weighted by Crippen LogP contribution is -2.48. The molecule has 1 amide bonds. The Bertz CT molecular complexity index is 619. The van der Waals surface area contributed by atoms with Gasteiger partial charge in [-0.15, -0.1) is 10.2 Å². The number of rotatable bonds is 6. The summed E-state index contributed by atoms with van der Waals surface area (Å²) in [6.45, 7) is 8.00. The van der Waals surface area contributed by atoms with Crippen molar-refractivity contribution in [1.29, 1.82) is 0 Å². The Kier molecular flexibility index (Phi) is 5.31. The second-order valence-corrected chi connectivity index (χ2v) is 6.31. The fourth-order valence-corrected chi connectivity index (χ4v) is 3.14. The first kappa shape index (κ1) is 16.0. The van der Waals surface area contributed by atoms with E-state index in [0.717, 1.165) is 45.1 Å². The highest BCUT2D eigenvalue weighted by molar-refractivity contribution is 7.13. The van der Waals surface area contributed by atoms with Gasteiger partial charge < -0.3 is 4.57 Å². The molecule has 1 N–H and O–H groups in total. The highest BCUT2D eigenvalue weighted by atomic mass is 32.1. The Morgan fingerprint density at radius 2 is 2.09 bits per heavy atom. The van der Waals surface area contributed by atoms with Crippen molar-refractivity contribution < 1.29 is 4.79 Å². The van der Waals surface area contributed by atoms with E-state index in [2.05, 4.69) is 41.8 Å². The van der Waals surface area contributed by atoms with Gasteiger partial charge in [-0.25, -0.2) is 4.98 Å². The van der Waals surface area contributed by atoms with Crippen molar-refractivity contribution in [3.8, 4) is 0 Å². The Balaban J connectivity index is 1.42. The molecule has 0 bridgehead atoms. The van der Waals surface area contributed by atoms with Crippen molar-refractivity contribution in [3.63, 3.8) is 0 Å². The first-order valence-electron chi connectivity index (χ1n) is 7.75. The Labute approximate surface area is 139 Å². The van der Waals surface area contributed by atoms with Gasteiger partial charge >= 0.3 is 0 Å². The molecule has 0 saturated carbocycles. The fraction of sp³-hybridized carbons (Fsp3) is 0.571. The van der Waals surface area contributed by atoms with Crippen molar-refractivity contribution in [2.24, 2.45) is 0 Å². The van der Waals surface area contributed by atoms with Crippen LogP contribution in [0.2, 0.25) is 0 Å². The number of anilines is 1. The van der Waals surface area contributed by atoms with E-state index in [1.54, 1.807) is 5.51 Å². The third kappa shape index (κ3) is 4.34. The first-order valence-corrected chi connectivity index (χ1v) is 8.63. The van der Waals surface area contributed by atoms with Crippen LogP contribution in [-0.4, -0.2) is 68.2 Å². The third-order valence-corrected chi connectivity index (χ3v) is 4.55. The number of piperazine rings is 1. The van der Waals surface area contributed by atoms with E-state index in [9.17, 15) is 4.79 Å². The third-order valence-electron chi connectivity index (χ3n) is 3.95. The summed E-state index contributed by atoms with van der Waals surface area (Å²) in [5.74, 6) is 1.08. The second kappa shape index (κ2) is 7.62. The summed E-state index contributed by atoms with van der Waals surface area (Å²) in [5.41, 5.74) is 1.61. The minimum absolute atomic E-state index is 0.0308. The molecule has 2 aromatic heterocycles. The number of carbonyl (C=O) groups excluding carboxylic acids is 1. The predicted molar refractivity (Wildman–Crippen MR) is 88.2 cm³/mol. The van der Waals surface area contributed by atoms with Crippen molar-refractivity contribution in [2.45, 2.75) is 20.0 Å². The average Bonchev–Trinajstić information content (AvgIpc) is 3.20. The second-order valence-electron chi connectivity index (χ2n) is 5.47. The topological polar surface area (TPSA) is 79.2 Å². The van der Waals surface area contributed by atoms with Crippen LogP contribution in [0.5, 0.6) is 0 Å². The number of aromatic nitrogens is 4. The first-order chi connectivity index (χ1) is 11.2. The number of carbonyl (C=O) groups is 1. The molecule has 0 radical (unpaired) electrons. The van der Waals surface area contributed by atoms with Crippen molar-refractivity contribution in [2.75, 3.05) is 38.0 Å². The number of aryl methyl sites for hydroxylation is 1. The van der Waals surface area contributed by atoms with Crippen molar-refractivity contribution in [3.05, 3.63) is 23.7 Å². The van der Waals surface area contributed by atoms with E-state index in [4.69, 9.17) is 0 Å². The fourth-order valence-electron chi connectivity index (χ4n) is 2.67. The highest BCUT2D eigenvalue weighted by Crippen LogP contribution is 2.10. The number of hydrogen-bond donors (Lipinski definition) is 1. The molecule has 3 heterocycles. The highest BCUT2D eigenvalue weighted by Gasteiger charge is 2.20. The molecular weight excluding hydrogens is 314 g/mol. The number of imidazole rings is 1. The maximum atomic E-state index is 12.0. The number of nitrogens with one attached hydrogen (secondary N) is 1. The molecule has 1 aliphatic rings. The zero-order valence-electron chi connectivity index (χ0n) is 13.2. The lowest BCUT2D eigenvalue weighted by atomic mass is 10.3. The number of amides is 1. The Morgan fingerprint density at radius 1 is 1.30 bits per heavy atom. The molecule has 0 unspecified atom stereocenters. The summed E-state index contributed by atoms with van der Waals surface area (Å²) in [6.07, 6.45) is 3.87. The van der Waals surface area contributed by atoms with Gasteiger partial charge in [0.05, 0.1) is 13.1 Å². The molecule has 1 aliphatic heterocycles. The summed E-state index contributed by atoms with van der Waals surface area (Å²) in [4.78, 5) is 20.9. The van der Waals surface area contributed by atoms with Gasteiger partial charge in [-0.1, -0.05) is 11.3 Å². The summed E-state index contributed by atoms with van der Waals surface area (Å²) in [5, 5.41) is 10.9. The molecule has 8 nitrogen and oxygen atoms in total. The summed E-state index contributed by atoms with van der Waals surface area (Å²) in [6, 6.07) is 0. The summed E-state index contributed by atoms with van der Waals surface area (Å²) in [7, 11) is 0. The maximum Gasteiger partial charge on any atom is 0.240 e. The minimum atomic E-state index is -0.0308. The van der Waals surface area contributed by atoms with Gasteiger partial charge in [-0.3, -0.25) is 19.9 Å². The monoisotopic (exact) mass is 335 g/mol. The molecule has 3 rings (SSSR count). The molecule has 23 heavy (non-hydrogen) atoms. The quantitative estimate of drug-likeness (QED) is 0.829. The molecule has 0 spiro atoms. The SMILES string of the molecule is CCn1ccnc1CN1CCN(CC(=O)Nc2nncs2)CC1. The smallest absolute Gasteiger partial charge is 0.240 e. The molecule has 0 aliphatic carbocycles. The van der Waals surface area contributed by atoms with Gasteiger partial charge in [0, 0.05) is 45.1 Å². The van der Waals surface area contributed by atoms with Crippen LogP contribution in [0.25, 0.3) is 0 Å². The summed E-state index contributed by atoms with van der Waals surface area (Å²) >= 11 is 1.33. The lowest BCUT2D eigenvalue weighted by molar-refractivity contribution is -0.117. The van der Waals surface area contributed by atoms with E-state index in [0.29, 0.717) is 11.7 Å². The minimum Gasteiger partial charge on any atom is -0.334 e. The predicted octanol–water partition coefficient (Wildman–Crippen LogP) is 0.511. The molecule has 1 saturated heterocycles. The standard InChI is InChI=1S/C14H21N7OS/c1-2-21-4-3-15-12(21)9-19-5-7-20(8-6-19)10-13(22)17-14-18-16-11-23-14/h3-4,11H,2,5-10H2,1H3,(H,17,18,22). The van der Waals surface area contributed by atoms with E-state index in [-0.39, 0.29) is 5.91 Å². The summed E-state index contributed by atoms with van der Waals surface area (Å²) < 4.78 is 2.17. The molecule has 0 atom stereocenters. The van der Waals surface area contributed by atoms with Crippen LogP contribution >= 0.6 is 11.3 Å². The van der Waals surface area contributed by atoms with Crippen molar-refractivity contribution in [1.82, 2.24) is 29.5 Å². The van der Waals surface area contributed by atoms with Crippen LogP contribution < -0.4 is 5.32 Å². The largest absolute Gasteiger partial charge is 0.334 e. The van der Waals surface area contributed by atoms with Gasteiger partial charge in [0.15, 0.2) is 0 Å². The van der Waals surface area contributed by atoms with E-state index < -0.39 is 0 Å². The van der Waals surface area contributed by atoms with Crippen LogP contribution in [-0.2, 0) is 17.9 Å². The van der Waals surface area contributed by atoms with Gasteiger partial charge in [-0.2, -0.15) is 0 Å². The van der Waals surface area contributed by atoms with Gasteiger partial charge in [-0.05, 0) is 6.92 Å². The van der Waals surface area contributed by atoms with Crippen LogP contribution in [0.15, 0.2) is 17.9 Å². The van der Waals surface area contributed by atoms with Crippen LogP contribution in [0.4, 0.5) is 5.13 Å². The van der Waals surface area contributed by atoms with Crippen LogP contribution in [0.1, 0.15) is 12.7 Å². The van der Waals surface area contributed by atoms with E-state index in [1.165, 1.54) is 11.3 Å². The van der Waals surface area contributed by atoms with Gasteiger partial charge in [0.1, 0.15) is 11.3 Å². The molecular formula is C14H21N7OS. The van der Waals surface area contributed by atoms with E-state index >= 15 is 0 Å². The maximum absolute atomic E-state index is 12.0. The van der Waals surface area contributed by atoms with E-state index in [1.807, 2.05) is 12.4 Å². The van der Waals surface area contributed by atoms with Gasteiger partial charge in [0.25, 0.3) is 0 Å². The zero-order chi connectivity index (χ0) is 16.1. The average molecular weight is 335 g/mol. The molecule has 9 heteroatoms. The molecule has 2 aromatic rings. The molecule has 1 fully saturated rings. The number of nitrogens with zero attached hydrogens (tertiary/aromatic N) is 6. The van der Waals surface area contributed by atoms with Crippen molar-refractivity contribution >= 4 is 22.4 Å². The normalized spacial score (nSPS) is 16.6. The lowest BCUT2D eigenvalue weighted by Gasteiger charge is -2.34. The zero-order valence-corrected chi connectivity index (χ0v) is 14.0.